The molecule has 1 aromatic rings. The van der Waals surface area contributed by atoms with Gasteiger partial charge in [0.2, 0.25) is 0 Å². The Morgan fingerprint density at radius 3 is 2.42 bits per heavy atom. The van der Waals surface area contributed by atoms with Gasteiger partial charge in [0.05, 0.1) is 30.6 Å². The van der Waals surface area contributed by atoms with Crippen molar-refractivity contribution in [1.82, 2.24) is 0 Å². The number of nitrogens with zero attached hydrogens (tertiary/aromatic N) is 1. The number of likely N-dealkylation sites (tertiary alicyclic amines) is 1. The summed E-state index contributed by atoms with van der Waals surface area (Å²) in [6.45, 7) is 12.2. The van der Waals surface area contributed by atoms with Crippen molar-refractivity contribution in [1.29, 1.82) is 0 Å². The quantitative estimate of drug-likeness (QED) is 0.428. The maximum absolute atomic E-state index is 10.9. The molecule has 0 unspecified atom stereocenters. The highest BCUT2D eigenvalue weighted by molar-refractivity contribution is 5.33. The molecule has 24 heavy (non-hydrogen) atoms. The van der Waals surface area contributed by atoms with Gasteiger partial charge in [-0.25, -0.2) is 0 Å². The minimum absolute atomic E-state index is 0.211. The van der Waals surface area contributed by atoms with Crippen LogP contribution in [0.5, 0.6) is 0 Å². The number of nitrogens with one attached hydrogen (secondary N) is 3. The van der Waals surface area contributed by atoms with Crippen LogP contribution in [-0.4, -0.2) is 56.8 Å². The Morgan fingerprint density at radius 2 is 1.79 bits per heavy atom. The van der Waals surface area contributed by atoms with E-state index in [9.17, 15) is 10.1 Å². The zero-order chi connectivity index (χ0) is 16.9. The molecule has 1 aromatic carbocycles. The van der Waals surface area contributed by atoms with Crippen molar-refractivity contribution in [3.63, 3.8) is 0 Å². The van der Waals surface area contributed by atoms with Crippen LogP contribution >= 0.6 is 0 Å². The average Bonchev–Trinajstić information content (AvgIpc) is 2.63. The van der Waals surface area contributed by atoms with Gasteiger partial charge >= 0.3 is 0 Å². The highest BCUT2D eigenvalue weighted by Crippen LogP contribution is 2.12. The van der Waals surface area contributed by atoms with Gasteiger partial charge in [0.25, 0.3) is 5.69 Å². The standard InChI is InChI=1S/C18H28N4O2/c1-2-19-10-12-21(13-11-19)17-6-8-20(9-7-17)15-16-4-3-5-18(14-16)22(23)24/h3-5,14,17H,2,6-13,15H2,1H3/p+3. The SMILES string of the molecule is CC[NH+]1CC[NH+](C2CC[NH+](Cc3cccc([N+](=O)[O-])c3)CC2)CC1. The van der Waals surface area contributed by atoms with Crippen LogP contribution in [0.25, 0.3) is 0 Å². The van der Waals surface area contributed by atoms with Gasteiger partial charge in [-0.1, -0.05) is 12.1 Å². The summed E-state index contributed by atoms with van der Waals surface area (Å²) in [5.41, 5.74) is 1.30. The van der Waals surface area contributed by atoms with E-state index in [4.69, 9.17) is 0 Å². The van der Waals surface area contributed by atoms with Gasteiger partial charge in [-0.05, 0) is 6.92 Å². The molecule has 3 N–H and O–H groups in total. The summed E-state index contributed by atoms with van der Waals surface area (Å²) in [5, 5.41) is 10.9. The number of benzene rings is 1. The maximum atomic E-state index is 10.9. The lowest BCUT2D eigenvalue weighted by Gasteiger charge is -2.37. The molecule has 0 aliphatic carbocycles. The lowest BCUT2D eigenvalue weighted by Crippen LogP contribution is -3.30. The first-order chi connectivity index (χ1) is 11.7. The topological polar surface area (TPSA) is 56.5 Å². The third-order valence-corrected chi connectivity index (χ3v) is 5.94. The largest absolute Gasteiger partial charge is 0.331 e. The highest BCUT2D eigenvalue weighted by atomic mass is 16.6. The molecule has 2 fully saturated rings. The number of piperazine rings is 1. The van der Waals surface area contributed by atoms with Gasteiger partial charge in [-0.2, -0.15) is 0 Å². The van der Waals surface area contributed by atoms with Gasteiger partial charge in [0, 0.05) is 30.5 Å². The summed E-state index contributed by atoms with van der Waals surface area (Å²) in [4.78, 5) is 15.8. The number of piperidine rings is 1. The third kappa shape index (κ3) is 4.32. The van der Waals surface area contributed by atoms with Gasteiger partial charge in [0.15, 0.2) is 0 Å². The molecule has 6 nitrogen and oxygen atoms in total. The van der Waals surface area contributed by atoms with E-state index in [1.165, 1.54) is 58.7 Å². The summed E-state index contributed by atoms with van der Waals surface area (Å²) in [6, 6.07) is 7.96. The van der Waals surface area contributed by atoms with E-state index in [2.05, 4.69) is 6.92 Å². The number of nitro benzene ring substituents is 1. The molecular formula is C18H31N4O2+3. The number of rotatable bonds is 5. The molecule has 0 amide bonds. The minimum Gasteiger partial charge on any atom is -0.331 e. The van der Waals surface area contributed by atoms with Crippen molar-refractivity contribution in [3.05, 3.63) is 39.9 Å². The molecule has 132 valence electrons. The van der Waals surface area contributed by atoms with E-state index >= 15 is 0 Å². The maximum Gasteiger partial charge on any atom is 0.269 e. The van der Waals surface area contributed by atoms with E-state index < -0.39 is 0 Å². The Labute approximate surface area is 144 Å². The Hall–Kier alpha value is -1.50. The molecule has 0 aromatic heterocycles. The van der Waals surface area contributed by atoms with Crippen molar-refractivity contribution < 1.29 is 19.6 Å². The fourth-order valence-corrected chi connectivity index (χ4v) is 4.37. The lowest BCUT2D eigenvalue weighted by molar-refractivity contribution is -1.03. The normalized spacial score (nSPS) is 30.9. The van der Waals surface area contributed by atoms with E-state index in [-0.39, 0.29) is 10.6 Å². The van der Waals surface area contributed by atoms with Gasteiger partial charge < -0.3 is 14.7 Å². The predicted octanol–water partition coefficient (Wildman–Crippen LogP) is -2.05. The Morgan fingerprint density at radius 1 is 1.08 bits per heavy atom. The Balaban J connectivity index is 1.47. The molecule has 2 aliphatic rings. The molecule has 6 heteroatoms. The molecule has 2 heterocycles. The number of nitro groups is 1. The predicted molar refractivity (Wildman–Crippen MR) is 92.5 cm³/mol. The van der Waals surface area contributed by atoms with Crippen molar-refractivity contribution in [3.8, 4) is 0 Å². The molecule has 0 spiro atoms. The molecule has 0 bridgehead atoms. The van der Waals surface area contributed by atoms with E-state index in [1.807, 2.05) is 11.0 Å². The van der Waals surface area contributed by atoms with E-state index in [1.54, 1.807) is 28.0 Å². The van der Waals surface area contributed by atoms with Crippen LogP contribution in [-0.2, 0) is 6.54 Å². The molecule has 0 radical (unpaired) electrons. The molecule has 0 atom stereocenters. The number of quaternary nitrogens is 3. The van der Waals surface area contributed by atoms with Crippen LogP contribution in [0.1, 0.15) is 25.3 Å². The van der Waals surface area contributed by atoms with Crippen LogP contribution < -0.4 is 14.7 Å². The Kier molecular flexibility index (Phi) is 5.81. The van der Waals surface area contributed by atoms with Crippen molar-refractivity contribution in [2.24, 2.45) is 0 Å². The monoisotopic (exact) mass is 335 g/mol. The average molecular weight is 335 g/mol. The van der Waals surface area contributed by atoms with Crippen LogP contribution in [0, 0.1) is 10.1 Å². The number of hydrogen-bond acceptors (Lipinski definition) is 2. The van der Waals surface area contributed by atoms with Crippen LogP contribution in [0.4, 0.5) is 5.69 Å². The second-order valence-corrected chi connectivity index (χ2v) is 7.39. The van der Waals surface area contributed by atoms with Crippen LogP contribution in [0.2, 0.25) is 0 Å². The number of hydrogen-bond donors (Lipinski definition) is 3. The third-order valence-electron chi connectivity index (χ3n) is 5.94. The first kappa shape index (κ1) is 17.3. The summed E-state index contributed by atoms with van der Waals surface area (Å²) in [6.07, 6.45) is 2.59. The minimum atomic E-state index is -0.299. The fraction of sp³-hybridized carbons (Fsp3) is 0.667. The molecular weight excluding hydrogens is 304 g/mol. The van der Waals surface area contributed by atoms with E-state index in [0.717, 1.165) is 18.2 Å². The van der Waals surface area contributed by atoms with Crippen LogP contribution in [0.3, 0.4) is 0 Å². The summed E-state index contributed by atoms with van der Waals surface area (Å²) >= 11 is 0. The molecule has 0 saturated carbocycles. The zero-order valence-electron chi connectivity index (χ0n) is 14.7. The molecule has 3 rings (SSSR count). The lowest BCUT2D eigenvalue weighted by atomic mass is 10.0. The van der Waals surface area contributed by atoms with Gasteiger partial charge in [-0.15, -0.1) is 0 Å². The van der Waals surface area contributed by atoms with Crippen molar-refractivity contribution in [2.45, 2.75) is 32.4 Å². The van der Waals surface area contributed by atoms with Gasteiger partial charge in [0.1, 0.15) is 32.7 Å². The zero-order valence-corrected chi connectivity index (χ0v) is 14.7. The molecule has 2 aliphatic heterocycles. The second kappa shape index (κ2) is 8.05. The highest BCUT2D eigenvalue weighted by Gasteiger charge is 2.33. The summed E-state index contributed by atoms with van der Waals surface area (Å²) in [5.74, 6) is 0. The first-order valence-electron chi connectivity index (χ1n) is 9.40. The molecule has 2 saturated heterocycles. The smallest absolute Gasteiger partial charge is 0.269 e. The van der Waals surface area contributed by atoms with Crippen molar-refractivity contribution in [2.75, 3.05) is 45.8 Å². The number of non-ortho nitro benzene ring substituents is 1. The number of likely N-dealkylation sites (N-methyl/N-ethyl adjacent to an activating group) is 1. The van der Waals surface area contributed by atoms with Gasteiger partial charge in [-0.3, -0.25) is 10.1 Å². The fourth-order valence-electron chi connectivity index (χ4n) is 4.37. The first-order valence-corrected chi connectivity index (χ1v) is 9.40. The van der Waals surface area contributed by atoms with Crippen LogP contribution in [0.15, 0.2) is 24.3 Å². The Bertz CT molecular complexity index is 550. The summed E-state index contributed by atoms with van der Waals surface area (Å²) in [7, 11) is 0. The summed E-state index contributed by atoms with van der Waals surface area (Å²) < 4.78 is 0. The second-order valence-electron chi connectivity index (χ2n) is 7.39. The van der Waals surface area contributed by atoms with E-state index in [0.29, 0.717) is 0 Å². The van der Waals surface area contributed by atoms with Crippen molar-refractivity contribution >= 4 is 5.69 Å².